The van der Waals surface area contributed by atoms with E-state index in [2.05, 4.69) is 42.4 Å². The summed E-state index contributed by atoms with van der Waals surface area (Å²) in [6, 6.07) is 0. The van der Waals surface area contributed by atoms with Crippen LogP contribution >= 0.6 is 0 Å². The van der Waals surface area contributed by atoms with Crippen LogP contribution in [-0.4, -0.2) is 19.3 Å². The number of nitrogens with zero attached hydrogens (tertiary/aromatic N) is 1. The van der Waals surface area contributed by atoms with E-state index in [0.29, 0.717) is 0 Å². The number of nitrogens with one attached hydrogen (secondary N) is 1. The van der Waals surface area contributed by atoms with Crippen molar-refractivity contribution in [3.63, 3.8) is 0 Å². The second kappa shape index (κ2) is 4.30. The molecule has 0 radical (unpaired) electrons. The Morgan fingerprint density at radius 1 is 1.47 bits per heavy atom. The highest BCUT2D eigenvalue weighted by Crippen LogP contribution is 2.17. The first-order valence-electron chi connectivity index (χ1n) is 5.25. The van der Waals surface area contributed by atoms with Gasteiger partial charge in [0.15, 0.2) is 0 Å². The van der Waals surface area contributed by atoms with E-state index in [0.717, 1.165) is 13.1 Å². The summed E-state index contributed by atoms with van der Waals surface area (Å²) in [5, 5.41) is 3.19. The molecule has 2 heterocycles. The lowest BCUT2D eigenvalue weighted by Gasteiger charge is -2.04. The second-order valence-corrected chi connectivity index (χ2v) is 3.93. The van der Waals surface area contributed by atoms with Crippen molar-refractivity contribution < 1.29 is 0 Å². The molecule has 2 aliphatic heterocycles. The van der Waals surface area contributed by atoms with Gasteiger partial charge >= 0.3 is 0 Å². The molecule has 2 rings (SSSR count). The molecule has 0 amide bonds. The van der Waals surface area contributed by atoms with Gasteiger partial charge in [0, 0.05) is 12.8 Å². The highest BCUT2D eigenvalue weighted by atomic mass is 14.8. The number of aliphatic imine (C=N–C) groups is 1. The van der Waals surface area contributed by atoms with Gasteiger partial charge in [0.1, 0.15) is 0 Å². The molecule has 0 aromatic carbocycles. The van der Waals surface area contributed by atoms with E-state index in [-0.39, 0.29) is 0 Å². The van der Waals surface area contributed by atoms with Crippen LogP contribution in [0.2, 0.25) is 0 Å². The fraction of sp³-hybridized carbons (Fsp3) is 0.308. The van der Waals surface area contributed by atoms with E-state index in [1.165, 1.54) is 22.3 Å². The summed E-state index contributed by atoms with van der Waals surface area (Å²) < 4.78 is 0. The molecule has 0 aromatic rings. The molecule has 2 aliphatic rings. The van der Waals surface area contributed by atoms with Crippen molar-refractivity contribution in [2.75, 3.05) is 13.1 Å². The van der Waals surface area contributed by atoms with Crippen molar-refractivity contribution in [1.82, 2.24) is 5.32 Å². The average molecular weight is 200 g/mol. The van der Waals surface area contributed by atoms with Gasteiger partial charge in [-0.2, -0.15) is 0 Å². The Kier molecular flexibility index (Phi) is 2.86. The minimum atomic E-state index is 0.832. The topological polar surface area (TPSA) is 24.4 Å². The molecule has 0 atom stereocenters. The third-order valence-corrected chi connectivity index (χ3v) is 2.78. The molecular formula is C13H16N2. The zero-order valence-electron chi connectivity index (χ0n) is 9.25. The second-order valence-electron chi connectivity index (χ2n) is 3.93. The molecule has 0 saturated heterocycles. The van der Waals surface area contributed by atoms with Gasteiger partial charge < -0.3 is 5.32 Å². The highest BCUT2D eigenvalue weighted by molar-refractivity contribution is 5.77. The summed E-state index contributed by atoms with van der Waals surface area (Å²) >= 11 is 0. The minimum Gasteiger partial charge on any atom is -0.387 e. The Morgan fingerprint density at radius 2 is 2.33 bits per heavy atom. The molecule has 2 heteroatoms. The Labute approximate surface area is 90.8 Å². The van der Waals surface area contributed by atoms with Gasteiger partial charge in [0.2, 0.25) is 0 Å². The Hall–Kier alpha value is -1.57. The Bertz CT molecular complexity index is 406. The third-order valence-electron chi connectivity index (χ3n) is 2.78. The van der Waals surface area contributed by atoms with Crippen LogP contribution in [0.5, 0.6) is 0 Å². The molecule has 0 saturated carbocycles. The average Bonchev–Trinajstić information content (AvgIpc) is 2.91. The predicted octanol–water partition coefficient (Wildman–Crippen LogP) is 2.38. The smallest absolute Gasteiger partial charge is 0.0642 e. The van der Waals surface area contributed by atoms with Crippen molar-refractivity contribution in [2.45, 2.75) is 13.8 Å². The molecule has 0 aliphatic carbocycles. The van der Waals surface area contributed by atoms with E-state index >= 15 is 0 Å². The van der Waals surface area contributed by atoms with Crippen molar-refractivity contribution in [3.05, 3.63) is 46.7 Å². The molecule has 15 heavy (non-hydrogen) atoms. The first-order valence-corrected chi connectivity index (χ1v) is 5.25. The molecular weight excluding hydrogens is 184 g/mol. The maximum absolute atomic E-state index is 4.19. The summed E-state index contributed by atoms with van der Waals surface area (Å²) in [6.45, 7) is 6.09. The molecule has 0 unspecified atom stereocenters. The lowest BCUT2D eigenvalue weighted by Crippen LogP contribution is -2.01. The van der Waals surface area contributed by atoms with E-state index < -0.39 is 0 Å². The van der Waals surface area contributed by atoms with Crippen molar-refractivity contribution >= 4 is 6.21 Å². The van der Waals surface area contributed by atoms with Gasteiger partial charge in [-0.1, -0.05) is 6.08 Å². The lowest BCUT2D eigenvalue weighted by atomic mass is 10.0. The Balaban J connectivity index is 2.15. The van der Waals surface area contributed by atoms with Crippen molar-refractivity contribution in [3.8, 4) is 0 Å². The standard InChI is InChI=1S/C13H16N2/c1-10(12-3-5-14-8-12)7-11(2)13-4-6-15-9-13/h3-7,14H,8-9H2,1-2H3. The summed E-state index contributed by atoms with van der Waals surface area (Å²) in [4.78, 5) is 4.19. The van der Waals surface area contributed by atoms with Crippen LogP contribution < -0.4 is 5.32 Å². The van der Waals surface area contributed by atoms with Gasteiger partial charge in [-0.3, -0.25) is 4.99 Å². The number of rotatable bonds is 2. The molecule has 2 nitrogen and oxygen atoms in total. The summed E-state index contributed by atoms with van der Waals surface area (Å²) in [5.74, 6) is 0. The van der Waals surface area contributed by atoms with Gasteiger partial charge in [-0.15, -0.1) is 0 Å². The molecule has 78 valence electrons. The predicted molar refractivity (Wildman–Crippen MR) is 65.0 cm³/mol. The van der Waals surface area contributed by atoms with Crippen molar-refractivity contribution in [2.24, 2.45) is 4.99 Å². The Morgan fingerprint density at radius 3 is 2.93 bits per heavy atom. The summed E-state index contributed by atoms with van der Waals surface area (Å²) in [7, 11) is 0. The van der Waals surface area contributed by atoms with Gasteiger partial charge in [0.05, 0.1) is 6.54 Å². The third kappa shape index (κ3) is 2.27. The van der Waals surface area contributed by atoms with Crippen molar-refractivity contribution in [1.29, 1.82) is 0 Å². The lowest BCUT2D eigenvalue weighted by molar-refractivity contribution is 0.998. The van der Waals surface area contributed by atoms with Crippen LogP contribution in [0.15, 0.2) is 51.7 Å². The number of allylic oxidation sites excluding steroid dienone is 3. The van der Waals surface area contributed by atoms with Gasteiger partial charge in [-0.25, -0.2) is 0 Å². The first-order chi connectivity index (χ1) is 7.27. The maximum Gasteiger partial charge on any atom is 0.0642 e. The van der Waals surface area contributed by atoms with E-state index in [1.807, 2.05) is 12.4 Å². The van der Waals surface area contributed by atoms with Crippen LogP contribution in [-0.2, 0) is 0 Å². The number of hydrogen-bond donors (Lipinski definition) is 1. The van der Waals surface area contributed by atoms with Crippen LogP contribution in [0.4, 0.5) is 0 Å². The van der Waals surface area contributed by atoms with Crippen LogP contribution in [0.25, 0.3) is 0 Å². The fourth-order valence-corrected chi connectivity index (χ4v) is 1.77. The highest BCUT2D eigenvalue weighted by Gasteiger charge is 2.05. The largest absolute Gasteiger partial charge is 0.387 e. The van der Waals surface area contributed by atoms with Gasteiger partial charge in [-0.05, 0) is 54.5 Å². The molecule has 0 aromatic heterocycles. The first kappa shape index (κ1) is 9.97. The zero-order valence-corrected chi connectivity index (χ0v) is 9.25. The van der Waals surface area contributed by atoms with Crippen LogP contribution in [0.3, 0.4) is 0 Å². The SMILES string of the molecule is CC(=CC(C)=C1C=CNC1)C1=CC=NC1. The molecule has 0 spiro atoms. The van der Waals surface area contributed by atoms with Crippen LogP contribution in [0, 0.1) is 0 Å². The maximum atomic E-state index is 4.19. The van der Waals surface area contributed by atoms with E-state index in [9.17, 15) is 0 Å². The fourth-order valence-electron chi connectivity index (χ4n) is 1.77. The quantitative estimate of drug-likeness (QED) is 0.727. The molecule has 0 bridgehead atoms. The van der Waals surface area contributed by atoms with E-state index in [4.69, 9.17) is 0 Å². The zero-order chi connectivity index (χ0) is 10.7. The summed E-state index contributed by atoms with van der Waals surface area (Å²) in [6.07, 6.45) is 10.4. The normalized spacial score (nSPS) is 23.1. The number of hydrogen-bond acceptors (Lipinski definition) is 2. The monoisotopic (exact) mass is 200 g/mol. The van der Waals surface area contributed by atoms with E-state index in [1.54, 1.807) is 0 Å². The van der Waals surface area contributed by atoms with Crippen LogP contribution in [0.1, 0.15) is 13.8 Å². The molecule has 0 fully saturated rings. The minimum absolute atomic E-state index is 0.832. The van der Waals surface area contributed by atoms with Gasteiger partial charge in [0.25, 0.3) is 0 Å². The molecule has 1 N–H and O–H groups in total. The summed E-state index contributed by atoms with van der Waals surface area (Å²) in [5.41, 5.74) is 5.35.